The van der Waals surface area contributed by atoms with Crippen LogP contribution in [0.4, 0.5) is 4.39 Å². The van der Waals surface area contributed by atoms with Crippen LogP contribution in [0.2, 0.25) is 0 Å². The third-order valence-corrected chi connectivity index (χ3v) is 0.938. The summed E-state index contributed by atoms with van der Waals surface area (Å²) in [7, 11) is 0. The van der Waals surface area contributed by atoms with Gasteiger partial charge in [-0.2, -0.15) is 0 Å². The Morgan fingerprint density at radius 1 is 2.00 bits per heavy atom. The van der Waals surface area contributed by atoms with Gasteiger partial charge in [0.05, 0.1) is 0 Å². The highest BCUT2D eigenvalue weighted by atomic mass is 32.1. The van der Waals surface area contributed by atoms with Gasteiger partial charge in [-0.3, -0.25) is 0 Å². The van der Waals surface area contributed by atoms with Crippen molar-refractivity contribution in [1.82, 2.24) is 0 Å². The van der Waals surface area contributed by atoms with Crippen molar-refractivity contribution in [3.63, 3.8) is 0 Å². The van der Waals surface area contributed by atoms with Gasteiger partial charge in [0.2, 0.25) is 0 Å². The number of hydrogen-bond acceptors (Lipinski definition) is 1. The molecule has 0 bridgehead atoms. The zero-order chi connectivity index (χ0) is 6.57. The molecule has 3 heteroatoms. The smallest absolute Gasteiger partial charge is 0.153 e. The maximum atomic E-state index is 12.2. The Bertz CT molecular complexity index is 103. The van der Waals surface area contributed by atoms with Crippen LogP contribution in [0, 0.1) is 0 Å². The molecule has 2 N–H and O–H groups in total. The Balaban J connectivity index is 3.46. The van der Waals surface area contributed by atoms with E-state index in [1.165, 1.54) is 6.08 Å². The molecular formula is C5H8FNS. The molecule has 1 nitrogen and oxygen atoms in total. The Morgan fingerprint density at radius 2 is 2.50 bits per heavy atom. The molecule has 0 rings (SSSR count). The standard InChI is InChI=1S/C5H8FNS/c1-2-3-4(6)5(7)8/h2,4H,1,3H2,(H2,7,8). The highest BCUT2D eigenvalue weighted by Gasteiger charge is 2.04. The van der Waals surface area contributed by atoms with E-state index in [0.29, 0.717) is 0 Å². The van der Waals surface area contributed by atoms with E-state index < -0.39 is 6.17 Å². The number of nitrogens with two attached hydrogens (primary N) is 1. The van der Waals surface area contributed by atoms with Crippen molar-refractivity contribution in [3.05, 3.63) is 12.7 Å². The minimum atomic E-state index is -1.19. The summed E-state index contributed by atoms with van der Waals surface area (Å²) in [6.45, 7) is 3.33. The third kappa shape index (κ3) is 2.69. The highest BCUT2D eigenvalue weighted by Crippen LogP contribution is 1.96. The lowest BCUT2D eigenvalue weighted by molar-refractivity contribution is 0.429. The van der Waals surface area contributed by atoms with E-state index >= 15 is 0 Å². The van der Waals surface area contributed by atoms with Gasteiger partial charge in [-0.25, -0.2) is 4.39 Å². The summed E-state index contributed by atoms with van der Waals surface area (Å²) in [5.41, 5.74) is 4.93. The van der Waals surface area contributed by atoms with Gasteiger partial charge >= 0.3 is 0 Å². The monoisotopic (exact) mass is 133 g/mol. The summed E-state index contributed by atoms with van der Waals surface area (Å²) in [5, 5.41) is 0. The van der Waals surface area contributed by atoms with Crippen LogP contribution >= 0.6 is 12.2 Å². The fourth-order valence-electron chi connectivity index (χ4n) is 0.262. The van der Waals surface area contributed by atoms with E-state index in [1.807, 2.05) is 0 Å². The Kier molecular flexibility index (Phi) is 3.35. The SMILES string of the molecule is C=CCC(F)C(N)=S. The van der Waals surface area contributed by atoms with Gasteiger partial charge in [0.25, 0.3) is 0 Å². The first-order chi connectivity index (χ1) is 3.68. The molecule has 0 saturated carbocycles. The quantitative estimate of drug-likeness (QED) is 0.462. The topological polar surface area (TPSA) is 26.0 Å². The molecule has 0 aromatic carbocycles. The minimum absolute atomic E-state index is 0.0927. The molecule has 46 valence electrons. The van der Waals surface area contributed by atoms with Crippen molar-refractivity contribution in [2.75, 3.05) is 0 Å². The number of thiocarbonyl (C=S) groups is 1. The molecule has 8 heavy (non-hydrogen) atoms. The number of halogens is 1. The van der Waals surface area contributed by atoms with Crippen LogP contribution in [-0.2, 0) is 0 Å². The van der Waals surface area contributed by atoms with Crippen LogP contribution in [0.5, 0.6) is 0 Å². The molecule has 1 atom stereocenters. The fourth-order valence-corrected chi connectivity index (χ4v) is 0.359. The third-order valence-electron chi connectivity index (χ3n) is 0.682. The molecule has 0 heterocycles. The van der Waals surface area contributed by atoms with Crippen LogP contribution in [0.15, 0.2) is 12.7 Å². The van der Waals surface area contributed by atoms with Gasteiger partial charge in [-0.1, -0.05) is 18.3 Å². The second-order valence-electron chi connectivity index (χ2n) is 1.39. The zero-order valence-corrected chi connectivity index (χ0v) is 5.25. The van der Waals surface area contributed by atoms with E-state index in [0.717, 1.165) is 0 Å². The molecule has 0 aliphatic heterocycles. The van der Waals surface area contributed by atoms with E-state index in [2.05, 4.69) is 18.8 Å². The Morgan fingerprint density at radius 3 is 2.62 bits per heavy atom. The largest absolute Gasteiger partial charge is 0.391 e. The average molecular weight is 133 g/mol. The summed E-state index contributed by atoms with van der Waals surface area (Å²) in [6, 6.07) is 0. The van der Waals surface area contributed by atoms with E-state index in [9.17, 15) is 4.39 Å². The molecule has 0 aromatic rings. The van der Waals surface area contributed by atoms with Gasteiger partial charge in [0.15, 0.2) is 6.17 Å². The molecular weight excluding hydrogens is 125 g/mol. The maximum Gasteiger partial charge on any atom is 0.153 e. The van der Waals surface area contributed by atoms with Crippen molar-refractivity contribution in [3.8, 4) is 0 Å². The first-order valence-electron chi connectivity index (χ1n) is 2.22. The second kappa shape index (κ2) is 3.55. The molecule has 0 aliphatic carbocycles. The maximum absolute atomic E-state index is 12.2. The summed E-state index contributed by atoms with van der Waals surface area (Å²) in [5.74, 6) is 0. The second-order valence-corrected chi connectivity index (χ2v) is 1.87. The molecule has 0 aromatic heterocycles. The molecule has 0 saturated heterocycles. The molecule has 0 aliphatic rings. The number of alkyl halides is 1. The van der Waals surface area contributed by atoms with E-state index in [4.69, 9.17) is 5.73 Å². The van der Waals surface area contributed by atoms with Gasteiger partial charge in [-0.05, 0) is 0 Å². The summed E-state index contributed by atoms with van der Waals surface area (Å²) >= 11 is 4.34. The summed E-state index contributed by atoms with van der Waals surface area (Å²) in [4.78, 5) is -0.0927. The number of allylic oxidation sites excluding steroid dienone is 1. The summed E-state index contributed by atoms with van der Waals surface area (Å²) < 4.78 is 12.2. The van der Waals surface area contributed by atoms with Gasteiger partial charge in [-0.15, -0.1) is 6.58 Å². The van der Waals surface area contributed by atoms with E-state index in [-0.39, 0.29) is 11.4 Å². The minimum Gasteiger partial charge on any atom is -0.391 e. The number of hydrogen-bond donors (Lipinski definition) is 1. The predicted octanol–water partition coefficient (Wildman–Crippen LogP) is 1.19. The molecule has 0 radical (unpaired) electrons. The molecule has 0 spiro atoms. The van der Waals surface area contributed by atoms with Crippen LogP contribution in [0.25, 0.3) is 0 Å². The van der Waals surface area contributed by atoms with Crippen LogP contribution < -0.4 is 5.73 Å². The zero-order valence-electron chi connectivity index (χ0n) is 4.43. The lowest BCUT2D eigenvalue weighted by Gasteiger charge is -1.98. The number of rotatable bonds is 3. The molecule has 1 unspecified atom stereocenters. The van der Waals surface area contributed by atoms with Gasteiger partial charge in [0, 0.05) is 6.42 Å². The molecule has 0 fully saturated rings. The van der Waals surface area contributed by atoms with Gasteiger partial charge in [0.1, 0.15) is 4.99 Å². The van der Waals surface area contributed by atoms with Crippen molar-refractivity contribution in [1.29, 1.82) is 0 Å². The van der Waals surface area contributed by atoms with Crippen molar-refractivity contribution >= 4 is 17.2 Å². The molecule has 0 amide bonds. The van der Waals surface area contributed by atoms with Crippen LogP contribution in [-0.4, -0.2) is 11.2 Å². The Hall–Kier alpha value is -0.440. The lowest BCUT2D eigenvalue weighted by Crippen LogP contribution is -2.21. The predicted molar refractivity (Wildman–Crippen MR) is 36.5 cm³/mol. The highest BCUT2D eigenvalue weighted by molar-refractivity contribution is 7.80. The van der Waals surface area contributed by atoms with Crippen LogP contribution in [0.1, 0.15) is 6.42 Å². The Labute approximate surface area is 53.4 Å². The van der Waals surface area contributed by atoms with Crippen molar-refractivity contribution < 1.29 is 4.39 Å². The average Bonchev–Trinajstić information content (AvgIpc) is 1.67. The van der Waals surface area contributed by atoms with E-state index in [1.54, 1.807) is 0 Å². The van der Waals surface area contributed by atoms with Crippen molar-refractivity contribution in [2.45, 2.75) is 12.6 Å². The van der Waals surface area contributed by atoms with Crippen LogP contribution in [0.3, 0.4) is 0 Å². The van der Waals surface area contributed by atoms with Gasteiger partial charge < -0.3 is 5.73 Å². The first kappa shape index (κ1) is 7.56. The normalized spacial score (nSPS) is 12.6. The summed E-state index contributed by atoms with van der Waals surface area (Å²) in [6.07, 6.45) is 0.474. The van der Waals surface area contributed by atoms with Crippen molar-refractivity contribution in [2.24, 2.45) is 5.73 Å². The fraction of sp³-hybridized carbons (Fsp3) is 0.400. The first-order valence-corrected chi connectivity index (χ1v) is 2.63. The lowest BCUT2D eigenvalue weighted by atomic mass is 10.3.